The van der Waals surface area contributed by atoms with E-state index >= 15 is 0 Å². The zero-order valence-corrected chi connectivity index (χ0v) is 6.31. The monoisotopic (exact) mass is 157 g/mol. The SMILES string of the molecule is Cc1cc(Cl)cc(O)c1N. The molecular formula is C7H8ClNO. The zero-order valence-electron chi connectivity index (χ0n) is 5.56. The van der Waals surface area contributed by atoms with Crippen molar-refractivity contribution in [2.45, 2.75) is 6.92 Å². The molecule has 3 N–H and O–H groups in total. The highest BCUT2D eigenvalue weighted by Gasteiger charge is 2.00. The van der Waals surface area contributed by atoms with E-state index in [0.29, 0.717) is 10.7 Å². The number of aryl methyl sites for hydroxylation is 1. The minimum atomic E-state index is 0.0463. The van der Waals surface area contributed by atoms with Crippen molar-refractivity contribution < 1.29 is 5.11 Å². The molecule has 2 nitrogen and oxygen atoms in total. The first-order valence-corrected chi connectivity index (χ1v) is 3.23. The fourth-order valence-electron chi connectivity index (χ4n) is 0.737. The molecule has 0 aliphatic heterocycles. The first-order valence-electron chi connectivity index (χ1n) is 2.86. The smallest absolute Gasteiger partial charge is 0.140 e. The molecule has 0 aromatic heterocycles. The summed E-state index contributed by atoms with van der Waals surface area (Å²) in [5.74, 6) is 0.0463. The van der Waals surface area contributed by atoms with Crippen LogP contribution in [0.5, 0.6) is 5.75 Å². The average molecular weight is 158 g/mol. The topological polar surface area (TPSA) is 46.2 Å². The van der Waals surface area contributed by atoms with Crippen LogP contribution in [0.4, 0.5) is 5.69 Å². The normalized spacial score (nSPS) is 9.80. The Balaban J connectivity index is 3.31. The lowest BCUT2D eigenvalue weighted by Crippen LogP contribution is -1.89. The number of hydrogen-bond acceptors (Lipinski definition) is 2. The molecule has 1 aromatic rings. The summed E-state index contributed by atoms with van der Waals surface area (Å²) in [6.45, 7) is 1.79. The standard InChI is InChI=1S/C7H8ClNO/c1-4-2-5(8)3-6(10)7(4)9/h2-3,10H,9H2,1H3. The number of anilines is 1. The molecule has 0 amide bonds. The van der Waals surface area contributed by atoms with Crippen LogP contribution in [0.1, 0.15) is 5.56 Å². The number of hydrogen-bond donors (Lipinski definition) is 2. The molecule has 1 aromatic carbocycles. The lowest BCUT2D eigenvalue weighted by molar-refractivity contribution is 0.477. The number of nitrogen functional groups attached to an aromatic ring is 1. The summed E-state index contributed by atoms with van der Waals surface area (Å²) in [6.07, 6.45) is 0. The van der Waals surface area contributed by atoms with E-state index in [1.165, 1.54) is 6.07 Å². The van der Waals surface area contributed by atoms with Crippen LogP contribution in [0.3, 0.4) is 0 Å². The van der Waals surface area contributed by atoms with Crippen LogP contribution in [0.15, 0.2) is 12.1 Å². The van der Waals surface area contributed by atoms with E-state index in [4.69, 9.17) is 22.4 Å². The number of halogens is 1. The Morgan fingerprint density at radius 2 is 2.10 bits per heavy atom. The van der Waals surface area contributed by atoms with Crippen molar-refractivity contribution in [2.75, 3.05) is 5.73 Å². The van der Waals surface area contributed by atoms with Gasteiger partial charge in [0.1, 0.15) is 5.75 Å². The van der Waals surface area contributed by atoms with Crippen LogP contribution in [-0.2, 0) is 0 Å². The fraction of sp³-hybridized carbons (Fsp3) is 0.143. The third kappa shape index (κ3) is 1.16. The fourth-order valence-corrected chi connectivity index (χ4v) is 1.00. The highest BCUT2D eigenvalue weighted by atomic mass is 35.5. The lowest BCUT2D eigenvalue weighted by atomic mass is 10.2. The zero-order chi connectivity index (χ0) is 7.72. The van der Waals surface area contributed by atoms with E-state index in [-0.39, 0.29) is 5.75 Å². The van der Waals surface area contributed by atoms with Gasteiger partial charge in [-0.1, -0.05) is 11.6 Å². The predicted molar refractivity (Wildman–Crippen MR) is 42.3 cm³/mol. The van der Waals surface area contributed by atoms with E-state index in [2.05, 4.69) is 0 Å². The molecule has 0 saturated carbocycles. The molecule has 3 heteroatoms. The Kier molecular flexibility index (Phi) is 1.72. The maximum absolute atomic E-state index is 9.07. The third-order valence-electron chi connectivity index (χ3n) is 1.33. The van der Waals surface area contributed by atoms with Gasteiger partial charge >= 0.3 is 0 Å². The van der Waals surface area contributed by atoms with Crippen molar-refractivity contribution in [1.82, 2.24) is 0 Å². The number of benzene rings is 1. The van der Waals surface area contributed by atoms with Gasteiger partial charge in [0, 0.05) is 11.1 Å². The highest BCUT2D eigenvalue weighted by Crippen LogP contribution is 2.27. The van der Waals surface area contributed by atoms with Crippen LogP contribution in [-0.4, -0.2) is 5.11 Å². The van der Waals surface area contributed by atoms with Gasteiger partial charge in [0.25, 0.3) is 0 Å². The van der Waals surface area contributed by atoms with Crippen molar-refractivity contribution in [3.8, 4) is 5.75 Å². The molecule has 0 fully saturated rings. The van der Waals surface area contributed by atoms with Gasteiger partial charge in [-0.15, -0.1) is 0 Å². The lowest BCUT2D eigenvalue weighted by Gasteiger charge is -2.02. The molecule has 0 heterocycles. The van der Waals surface area contributed by atoms with Gasteiger partial charge < -0.3 is 10.8 Å². The number of rotatable bonds is 0. The first-order chi connectivity index (χ1) is 4.61. The molecule has 0 aliphatic carbocycles. The van der Waals surface area contributed by atoms with Crippen molar-refractivity contribution in [3.63, 3.8) is 0 Å². The van der Waals surface area contributed by atoms with Crippen molar-refractivity contribution >= 4 is 17.3 Å². The van der Waals surface area contributed by atoms with E-state index in [9.17, 15) is 0 Å². The molecule has 0 spiro atoms. The molecule has 0 saturated heterocycles. The van der Waals surface area contributed by atoms with Gasteiger partial charge in [-0.05, 0) is 18.6 Å². The Morgan fingerprint density at radius 3 is 2.60 bits per heavy atom. The Morgan fingerprint density at radius 1 is 1.50 bits per heavy atom. The van der Waals surface area contributed by atoms with Crippen LogP contribution in [0, 0.1) is 6.92 Å². The average Bonchev–Trinajstić information content (AvgIpc) is 1.82. The summed E-state index contributed by atoms with van der Waals surface area (Å²) < 4.78 is 0. The second-order valence-corrected chi connectivity index (χ2v) is 2.59. The predicted octanol–water partition coefficient (Wildman–Crippen LogP) is 1.94. The minimum absolute atomic E-state index is 0.0463. The van der Waals surface area contributed by atoms with E-state index in [1.807, 2.05) is 0 Å². The maximum Gasteiger partial charge on any atom is 0.140 e. The minimum Gasteiger partial charge on any atom is -0.506 e. The molecule has 0 aliphatic rings. The van der Waals surface area contributed by atoms with Gasteiger partial charge in [0.05, 0.1) is 5.69 Å². The maximum atomic E-state index is 9.07. The summed E-state index contributed by atoms with van der Waals surface area (Å²) in [4.78, 5) is 0. The Labute approximate surface area is 64.2 Å². The number of phenolic OH excluding ortho intramolecular Hbond substituents is 1. The summed E-state index contributed by atoms with van der Waals surface area (Å²) >= 11 is 5.61. The molecule has 0 bridgehead atoms. The third-order valence-corrected chi connectivity index (χ3v) is 1.55. The van der Waals surface area contributed by atoms with Gasteiger partial charge in [-0.3, -0.25) is 0 Å². The molecule has 10 heavy (non-hydrogen) atoms. The quantitative estimate of drug-likeness (QED) is 0.447. The van der Waals surface area contributed by atoms with Gasteiger partial charge in [0.15, 0.2) is 0 Å². The first kappa shape index (κ1) is 7.22. The second-order valence-electron chi connectivity index (χ2n) is 2.16. The number of phenols is 1. The summed E-state index contributed by atoms with van der Waals surface area (Å²) in [6, 6.07) is 3.13. The van der Waals surface area contributed by atoms with Crippen molar-refractivity contribution in [2.24, 2.45) is 0 Å². The highest BCUT2D eigenvalue weighted by molar-refractivity contribution is 6.30. The van der Waals surface area contributed by atoms with Crippen LogP contribution < -0.4 is 5.73 Å². The van der Waals surface area contributed by atoms with Gasteiger partial charge in [-0.25, -0.2) is 0 Å². The Hall–Kier alpha value is -0.890. The largest absolute Gasteiger partial charge is 0.506 e. The van der Waals surface area contributed by atoms with E-state index in [0.717, 1.165) is 5.56 Å². The molecule has 0 atom stereocenters. The van der Waals surface area contributed by atoms with Crippen molar-refractivity contribution in [3.05, 3.63) is 22.7 Å². The summed E-state index contributed by atoms with van der Waals surface area (Å²) in [5, 5.41) is 9.58. The van der Waals surface area contributed by atoms with E-state index < -0.39 is 0 Å². The van der Waals surface area contributed by atoms with Crippen molar-refractivity contribution in [1.29, 1.82) is 0 Å². The van der Waals surface area contributed by atoms with Gasteiger partial charge in [0.2, 0.25) is 0 Å². The van der Waals surface area contributed by atoms with Crippen LogP contribution >= 0.6 is 11.6 Å². The molecule has 1 rings (SSSR count). The van der Waals surface area contributed by atoms with Gasteiger partial charge in [-0.2, -0.15) is 0 Å². The van der Waals surface area contributed by atoms with Crippen LogP contribution in [0.25, 0.3) is 0 Å². The number of nitrogens with two attached hydrogens (primary N) is 1. The summed E-state index contributed by atoms with van der Waals surface area (Å²) in [7, 11) is 0. The molecule has 54 valence electrons. The molecular weight excluding hydrogens is 150 g/mol. The summed E-state index contributed by atoms with van der Waals surface area (Å²) in [5.41, 5.74) is 6.63. The van der Waals surface area contributed by atoms with E-state index in [1.54, 1.807) is 13.0 Å². The molecule has 0 radical (unpaired) electrons. The van der Waals surface area contributed by atoms with Crippen LogP contribution in [0.2, 0.25) is 5.02 Å². The Bertz CT molecular complexity index is 237. The number of aromatic hydroxyl groups is 1. The molecule has 0 unspecified atom stereocenters. The second kappa shape index (κ2) is 2.39.